The van der Waals surface area contributed by atoms with Gasteiger partial charge in [0.25, 0.3) is 0 Å². The summed E-state index contributed by atoms with van der Waals surface area (Å²) < 4.78 is 0. The van der Waals surface area contributed by atoms with Crippen molar-refractivity contribution in [3.63, 3.8) is 0 Å². The summed E-state index contributed by atoms with van der Waals surface area (Å²) >= 11 is 0. The Bertz CT molecular complexity index is 451. The standard InChI is InChI=1S/C10H16N4O7/c11-4(1-8(17)18)9(19)13-3-7(16)14-5(10(20)21)2-6(12)15/h4-5H,1-3,11H2,(H2,12,15)(H,13,19)(H,14,16)(H,17,18)(H,20,21)/t4-,5-/m0/s1. The highest BCUT2D eigenvalue weighted by Gasteiger charge is 2.23. The summed E-state index contributed by atoms with van der Waals surface area (Å²) in [7, 11) is 0. The molecule has 0 fully saturated rings. The van der Waals surface area contributed by atoms with E-state index in [1.54, 1.807) is 0 Å². The lowest BCUT2D eigenvalue weighted by atomic mass is 10.2. The van der Waals surface area contributed by atoms with Gasteiger partial charge in [0, 0.05) is 0 Å². The molecule has 0 aromatic carbocycles. The lowest BCUT2D eigenvalue weighted by molar-refractivity contribution is -0.143. The fourth-order valence-electron chi connectivity index (χ4n) is 1.23. The van der Waals surface area contributed by atoms with Gasteiger partial charge >= 0.3 is 11.9 Å². The molecule has 0 saturated carbocycles. The van der Waals surface area contributed by atoms with Crippen LogP contribution in [-0.4, -0.2) is 58.5 Å². The summed E-state index contributed by atoms with van der Waals surface area (Å²) in [6.07, 6.45) is -1.22. The third kappa shape index (κ3) is 8.15. The summed E-state index contributed by atoms with van der Waals surface area (Å²) in [4.78, 5) is 54.4. The van der Waals surface area contributed by atoms with Crippen LogP contribution < -0.4 is 22.1 Å². The van der Waals surface area contributed by atoms with Crippen LogP contribution in [0, 0.1) is 0 Å². The van der Waals surface area contributed by atoms with E-state index in [0.29, 0.717) is 0 Å². The molecule has 8 N–H and O–H groups in total. The molecule has 0 unspecified atom stereocenters. The predicted molar refractivity (Wildman–Crippen MR) is 66.6 cm³/mol. The number of carbonyl (C=O) groups is 5. The van der Waals surface area contributed by atoms with Crippen LogP contribution in [0.15, 0.2) is 0 Å². The van der Waals surface area contributed by atoms with E-state index < -0.39 is 61.1 Å². The Morgan fingerprint density at radius 3 is 2.05 bits per heavy atom. The molecule has 2 atom stereocenters. The Morgan fingerprint density at radius 1 is 1.05 bits per heavy atom. The molecule has 0 rings (SSSR count). The fourth-order valence-corrected chi connectivity index (χ4v) is 1.23. The van der Waals surface area contributed by atoms with Crippen molar-refractivity contribution in [1.82, 2.24) is 10.6 Å². The van der Waals surface area contributed by atoms with Crippen LogP contribution in [0.4, 0.5) is 0 Å². The zero-order chi connectivity index (χ0) is 16.6. The minimum Gasteiger partial charge on any atom is -0.481 e. The number of hydrogen-bond acceptors (Lipinski definition) is 6. The molecular formula is C10H16N4O7. The van der Waals surface area contributed by atoms with E-state index in [1.165, 1.54) is 0 Å². The topological polar surface area (TPSA) is 202 Å². The maximum absolute atomic E-state index is 11.4. The van der Waals surface area contributed by atoms with Gasteiger partial charge in [-0.15, -0.1) is 0 Å². The van der Waals surface area contributed by atoms with Crippen molar-refractivity contribution < 1.29 is 34.2 Å². The van der Waals surface area contributed by atoms with Gasteiger partial charge in [-0.2, -0.15) is 0 Å². The van der Waals surface area contributed by atoms with Gasteiger partial charge in [0.15, 0.2) is 0 Å². The van der Waals surface area contributed by atoms with E-state index in [1.807, 2.05) is 10.6 Å². The van der Waals surface area contributed by atoms with Gasteiger partial charge in [-0.05, 0) is 0 Å². The van der Waals surface area contributed by atoms with Gasteiger partial charge < -0.3 is 32.3 Å². The van der Waals surface area contributed by atoms with Crippen molar-refractivity contribution in [2.75, 3.05) is 6.54 Å². The van der Waals surface area contributed by atoms with Crippen molar-refractivity contribution in [1.29, 1.82) is 0 Å². The second-order valence-electron chi connectivity index (χ2n) is 4.05. The number of carboxylic acid groups (broad SMARTS) is 2. The van der Waals surface area contributed by atoms with E-state index in [2.05, 4.69) is 0 Å². The molecule has 11 nitrogen and oxygen atoms in total. The molecule has 0 aliphatic rings. The van der Waals surface area contributed by atoms with Crippen molar-refractivity contribution in [2.45, 2.75) is 24.9 Å². The van der Waals surface area contributed by atoms with Crippen LogP contribution in [0.1, 0.15) is 12.8 Å². The molecule has 0 radical (unpaired) electrons. The Balaban J connectivity index is 4.30. The Hall–Kier alpha value is -2.69. The Kier molecular flexibility index (Phi) is 7.39. The van der Waals surface area contributed by atoms with E-state index >= 15 is 0 Å². The number of rotatable bonds is 9. The lowest BCUT2D eigenvalue weighted by Gasteiger charge is -2.14. The van der Waals surface area contributed by atoms with Crippen LogP contribution in [0.3, 0.4) is 0 Å². The van der Waals surface area contributed by atoms with E-state index in [-0.39, 0.29) is 0 Å². The zero-order valence-corrected chi connectivity index (χ0v) is 10.9. The van der Waals surface area contributed by atoms with E-state index in [0.717, 1.165) is 0 Å². The van der Waals surface area contributed by atoms with Gasteiger partial charge in [-0.1, -0.05) is 0 Å². The van der Waals surface area contributed by atoms with Crippen molar-refractivity contribution in [3.05, 3.63) is 0 Å². The Morgan fingerprint density at radius 2 is 1.62 bits per heavy atom. The summed E-state index contributed by atoms with van der Waals surface area (Å²) in [5.41, 5.74) is 10.1. The van der Waals surface area contributed by atoms with E-state index in [4.69, 9.17) is 21.7 Å². The third-order valence-electron chi connectivity index (χ3n) is 2.19. The molecule has 0 bridgehead atoms. The first kappa shape index (κ1) is 18.3. The van der Waals surface area contributed by atoms with Gasteiger partial charge in [0.1, 0.15) is 6.04 Å². The van der Waals surface area contributed by atoms with Gasteiger partial charge in [0.05, 0.1) is 25.4 Å². The SMILES string of the molecule is NC(=O)C[C@H](NC(=O)CNC(=O)[C@@H](N)CC(=O)O)C(=O)O. The quantitative estimate of drug-likeness (QED) is 0.250. The first-order chi connectivity index (χ1) is 9.63. The first-order valence-electron chi connectivity index (χ1n) is 5.69. The molecule has 0 aliphatic carbocycles. The van der Waals surface area contributed by atoms with Crippen LogP contribution >= 0.6 is 0 Å². The van der Waals surface area contributed by atoms with Crippen LogP contribution in [0.2, 0.25) is 0 Å². The normalized spacial score (nSPS) is 12.8. The molecule has 118 valence electrons. The number of aliphatic carboxylic acids is 2. The highest BCUT2D eigenvalue weighted by molar-refractivity contribution is 5.92. The second kappa shape index (κ2) is 8.47. The maximum Gasteiger partial charge on any atom is 0.326 e. The average Bonchev–Trinajstić information content (AvgIpc) is 2.33. The zero-order valence-electron chi connectivity index (χ0n) is 10.9. The molecule has 0 spiro atoms. The number of primary amides is 1. The summed E-state index contributed by atoms with van der Waals surface area (Å²) in [5, 5.41) is 21.2. The van der Waals surface area contributed by atoms with Crippen molar-refractivity contribution in [2.24, 2.45) is 11.5 Å². The molecular weight excluding hydrogens is 288 g/mol. The summed E-state index contributed by atoms with van der Waals surface area (Å²) in [6.45, 7) is -0.616. The van der Waals surface area contributed by atoms with Gasteiger partial charge in [-0.3, -0.25) is 19.2 Å². The minimum absolute atomic E-state index is 0.604. The maximum atomic E-state index is 11.4. The van der Waals surface area contributed by atoms with Crippen LogP contribution in [-0.2, 0) is 24.0 Å². The number of carbonyl (C=O) groups excluding carboxylic acids is 3. The molecule has 21 heavy (non-hydrogen) atoms. The van der Waals surface area contributed by atoms with Crippen molar-refractivity contribution >= 4 is 29.7 Å². The number of hydrogen-bond donors (Lipinski definition) is 6. The molecule has 0 aromatic rings. The number of nitrogens with two attached hydrogens (primary N) is 2. The van der Waals surface area contributed by atoms with Crippen molar-refractivity contribution in [3.8, 4) is 0 Å². The Labute approximate surface area is 118 Å². The van der Waals surface area contributed by atoms with E-state index in [9.17, 15) is 24.0 Å². The highest BCUT2D eigenvalue weighted by Crippen LogP contribution is 1.92. The highest BCUT2D eigenvalue weighted by atomic mass is 16.4. The minimum atomic E-state index is -1.51. The molecule has 11 heteroatoms. The molecule has 0 aromatic heterocycles. The molecule has 0 heterocycles. The number of nitrogens with one attached hydrogen (secondary N) is 2. The van der Waals surface area contributed by atoms with Gasteiger partial charge in [-0.25, -0.2) is 4.79 Å². The lowest BCUT2D eigenvalue weighted by Crippen LogP contribution is -2.49. The molecule has 0 saturated heterocycles. The summed E-state index contributed by atoms with van der Waals surface area (Å²) in [6, 6.07) is -2.85. The number of amides is 3. The van der Waals surface area contributed by atoms with Gasteiger partial charge in [0.2, 0.25) is 17.7 Å². The second-order valence-corrected chi connectivity index (χ2v) is 4.05. The number of carboxylic acids is 2. The largest absolute Gasteiger partial charge is 0.481 e. The predicted octanol–water partition coefficient (Wildman–Crippen LogP) is -3.65. The summed E-state index contributed by atoms with van der Waals surface area (Å²) in [5.74, 6) is -5.44. The van der Waals surface area contributed by atoms with Crippen LogP contribution in [0.25, 0.3) is 0 Å². The fraction of sp³-hybridized carbons (Fsp3) is 0.500. The third-order valence-corrected chi connectivity index (χ3v) is 2.19. The molecule has 3 amide bonds. The smallest absolute Gasteiger partial charge is 0.326 e. The molecule has 0 aliphatic heterocycles. The first-order valence-corrected chi connectivity index (χ1v) is 5.69. The van der Waals surface area contributed by atoms with Crippen LogP contribution in [0.5, 0.6) is 0 Å². The average molecular weight is 304 g/mol. The monoisotopic (exact) mass is 304 g/mol.